The second kappa shape index (κ2) is 5.71. The first-order valence-electron chi connectivity index (χ1n) is 6.26. The lowest BCUT2D eigenvalue weighted by Gasteiger charge is -2.27. The molecule has 0 aliphatic heterocycles. The molecule has 18 heavy (non-hydrogen) atoms. The molecule has 5 nitrogen and oxygen atoms in total. The molecular formula is C13H19N3O2. The van der Waals surface area contributed by atoms with Crippen LogP contribution in [0.25, 0.3) is 0 Å². The van der Waals surface area contributed by atoms with Crippen molar-refractivity contribution in [2.24, 2.45) is 5.92 Å². The number of alkyl carbamates (subject to hydrolysis) is 1. The lowest BCUT2D eigenvalue weighted by molar-refractivity contribution is 0.182. The van der Waals surface area contributed by atoms with Crippen LogP contribution in [-0.2, 0) is 4.74 Å². The van der Waals surface area contributed by atoms with Crippen LogP contribution in [0.5, 0.6) is 0 Å². The highest BCUT2D eigenvalue weighted by Crippen LogP contribution is 2.40. The minimum absolute atomic E-state index is 0.372. The van der Waals surface area contributed by atoms with Crippen molar-refractivity contribution in [2.75, 3.05) is 6.54 Å². The third kappa shape index (κ3) is 3.35. The van der Waals surface area contributed by atoms with Gasteiger partial charge >= 0.3 is 6.09 Å². The van der Waals surface area contributed by atoms with Gasteiger partial charge in [0.25, 0.3) is 0 Å². The van der Waals surface area contributed by atoms with E-state index in [0.717, 1.165) is 12.8 Å². The third-order valence-electron chi connectivity index (χ3n) is 3.00. The van der Waals surface area contributed by atoms with Gasteiger partial charge in [0.05, 0.1) is 12.5 Å². The van der Waals surface area contributed by atoms with E-state index in [-0.39, 0.29) is 6.09 Å². The van der Waals surface area contributed by atoms with Crippen molar-refractivity contribution >= 4 is 6.09 Å². The number of nitrogens with one attached hydrogen (secondary N) is 2. The smallest absolute Gasteiger partial charge is 0.412 e. The fourth-order valence-electron chi connectivity index (χ4n) is 1.86. The Balaban J connectivity index is 1.69. The van der Waals surface area contributed by atoms with Gasteiger partial charge in [-0.25, -0.2) is 4.79 Å². The number of H-pyrrole nitrogens is 1. The Morgan fingerprint density at radius 1 is 1.67 bits per heavy atom. The second-order valence-corrected chi connectivity index (χ2v) is 5.09. The van der Waals surface area contributed by atoms with Gasteiger partial charge in [-0.1, -0.05) is 13.8 Å². The molecule has 1 aliphatic carbocycles. The molecule has 1 fully saturated rings. The SMILES string of the molecule is CC(C)CNC(=O)OC=C1CC(c2cn[nH]c2)C1. The summed E-state index contributed by atoms with van der Waals surface area (Å²) in [6.45, 7) is 4.72. The minimum Gasteiger partial charge on any atom is -0.418 e. The van der Waals surface area contributed by atoms with Crippen LogP contribution in [0, 0.1) is 5.92 Å². The molecule has 1 heterocycles. The average molecular weight is 249 g/mol. The van der Waals surface area contributed by atoms with Crippen LogP contribution in [0.1, 0.15) is 38.2 Å². The van der Waals surface area contributed by atoms with Crippen molar-refractivity contribution in [3.05, 3.63) is 29.8 Å². The van der Waals surface area contributed by atoms with E-state index in [1.54, 1.807) is 6.26 Å². The Hall–Kier alpha value is -1.78. The molecule has 2 N–H and O–H groups in total. The molecule has 0 spiro atoms. The third-order valence-corrected chi connectivity index (χ3v) is 3.00. The predicted molar refractivity (Wildman–Crippen MR) is 68.0 cm³/mol. The summed E-state index contributed by atoms with van der Waals surface area (Å²) in [5.41, 5.74) is 2.39. The Kier molecular flexibility index (Phi) is 4.02. The summed E-state index contributed by atoms with van der Waals surface area (Å²) >= 11 is 0. The largest absolute Gasteiger partial charge is 0.418 e. The van der Waals surface area contributed by atoms with E-state index >= 15 is 0 Å². The summed E-state index contributed by atoms with van der Waals surface area (Å²) in [5.74, 6) is 0.941. The van der Waals surface area contributed by atoms with Gasteiger partial charge in [-0.3, -0.25) is 5.10 Å². The number of allylic oxidation sites excluding steroid dienone is 1. The molecule has 1 saturated carbocycles. The van der Waals surface area contributed by atoms with Crippen LogP contribution in [0.3, 0.4) is 0 Å². The highest BCUT2D eigenvalue weighted by atomic mass is 16.5. The maximum absolute atomic E-state index is 11.3. The summed E-state index contributed by atoms with van der Waals surface area (Å²) in [5, 5.41) is 9.44. The zero-order chi connectivity index (χ0) is 13.0. The zero-order valence-corrected chi connectivity index (χ0v) is 10.8. The van der Waals surface area contributed by atoms with Gasteiger partial charge in [-0.15, -0.1) is 0 Å². The van der Waals surface area contributed by atoms with E-state index in [0.29, 0.717) is 18.4 Å². The molecule has 5 heteroatoms. The number of rotatable bonds is 4. The monoisotopic (exact) mass is 249 g/mol. The van der Waals surface area contributed by atoms with Gasteiger partial charge < -0.3 is 10.1 Å². The number of nitrogens with zero attached hydrogens (tertiary/aromatic N) is 1. The molecular weight excluding hydrogens is 230 g/mol. The van der Waals surface area contributed by atoms with E-state index in [1.165, 1.54) is 11.1 Å². The van der Waals surface area contributed by atoms with Crippen molar-refractivity contribution in [3.63, 3.8) is 0 Å². The van der Waals surface area contributed by atoms with E-state index in [9.17, 15) is 4.79 Å². The average Bonchev–Trinajstić information content (AvgIpc) is 2.77. The van der Waals surface area contributed by atoms with Gasteiger partial charge in [-0.2, -0.15) is 5.10 Å². The lowest BCUT2D eigenvalue weighted by atomic mass is 9.77. The number of aromatic nitrogens is 2. The number of carbonyl (C=O) groups excluding carboxylic acids is 1. The van der Waals surface area contributed by atoms with E-state index < -0.39 is 0 Å². The van der Waals surface area contributed by atoms with Crippen LogP contribution >= 0.6 is 0 Å². The van der Waals surface area contributed by atoms with Crippen molar-refractivity contribution in [1.29, 1.82) is 0 Å². The number of carbonyl (C=O) groups is 1. The van der Waals surface area contributed by atoms with Crippen molar-refractivity contribution in [1.82, 2.24) is 15.5 Å². The molecule has 1 amide bonds. The fourth-order valence-corrected chi connectivity index (χ4v) is 1.86. The maximum Gasteiger partial charge on any atom is 0.412 e. The summed E-state index contributed by atoms with van der Waals surface area (Å²) in [6, 6.07) is 0. The van der Waals surface area contributed by atoms with Crippen LogP contribution in [0.4, 0.5) is 4.79 Å². The first-order chi connectivity index (χ1) is 8.65. The number of hydrogen-bond acceptors (Lipinski definition) is 3. The molecule has 98 valence electrons. The maximum atomic E-state index is 11.3. The molecule has 0 atom stereocenters. The zero-order valence-electron chi connectivity index (χ0n) is 10.8. The Bertz CT molecular complexity index is 415. The summed E-state index contributed by atoms with van der Waals surface area (Å²) < 4.78 is 5.03. The minimum atomic E-state index is -0.372. The van der Waals surface area contributed by atoms with E-state index in [1.807, 2.05) is 26.2 Å². The molecule has 0 saturated heterocycles. The van der Waals surface area contributed by atoms with Crippen LogP contribution in [0.2, 0.25) is 0 Å². The Labute approximate surface area is 107 Å². The number of aromatic amines is 1. The van der Waals surface area contributed by atoms with Gasteiger partial charge in [0.15, 0.2) is 0 Å². The molecule has 0 bridgehead atoms. The molecule has 0 unspecified atom stereocenters. The van der Waals surface area contributed by atoms with Gasteiger partial charge in [-0.05, 0) is 35.8 Å². The highest BCUT2D eigenvalue weighted by Gasteiger charge is 2.26. The number of hydrogen-bond donors (Lipinski definition) is 2. The van der Waals surface area contributed by atoms with Crippen molar-refractivity contribution in [2.45, 2.75) is 32.6 Å². The summed E-state index contributed by atoms with van der Waals surface area (Å²) in [7, 11) is 0. The van der Waals surface area contributed by atoms with E-state index in [4.69, 9.17) is 4.74 Å². The Morgan fingerprint density at radius 2 is 2.44 bits per heavy atom. The lowest BCUT2D eigenvalue weighted by Crippen LogP contribution is -2.27. The van der Waals surface area contributed by atoms with Gasteiger partial charge in [0.2, 0.25) is 0 Å². The Morgan fingerprint density at radius 3 is 3.06 bits per heavy atom. The molecule has 0 radical (unpaired) electrons. The van der Waals surface area contributed by atoms with Crippen molar-refractivity contribution < 1.29 is 9.53 Å². The molecule has 1 aromatic rings. The first-order valence-corrected chi connectivity index (χ1v) is 6.26. The number of ether oxygens (including phenoxy) is 1. The topological polar surface area (TPSA) is 67.0 Å². The molecule has 1 aromatic heterocycles. The molecule has 0 aromatic carbocycles. The number of amides is 1. The first kappa shape index (κ1) is 12.7. The van der Waals surface area contributed by atoms with Gasteiger partial charge in [0.1, 0.15) is 0 Å². The fraction of sp³-hybridized carbons (Fsp3) is 0.538. The molecule has 1 aliphatic rings. The van der Waals surface area contributed by atoms with Crippen LogP contribution in [0.15, 0.2) is 24.2 Å². The standard InChI is InChI=1S/C13H19N3O2/c1-9(2)5-14-13(17)18-8-10-3-11(4-10)12-6-15-16-7-12/h6-9,11H,3-5H2,1-2H3,(H,14,17)(H,15,16). The normalized spacial score (nSPS) is 18.4. The van der Waals surface area contributed by atoms with Gasteiger partial charge in [0, 0.05) is 12.7 Å². The summed E-state index contributed by atoms with van der Waals surface area (Å²) in [6.07, 6.45) is 6.85. The van der Waals surface area contributed by atoms with Crippen molar-refractivity contribution in [3.8, 4) is 0 Å². The second-order valence-electron chi connectivity index (χ2n) is 5.09. The van der Waals surface area contributed by atoms with Crippen LogP contribution in [-0.4, -0.2) is 22.8 Å². The quantitative estimate of drug-likeness (QED) is 0.806. The van der Waals surface area contributed by atoms with E-state index in [2.05, 4.69) is 15.5 Å². The predicted octanol–water partition coefficient (Wildman–Crippen LogP) is 2.55. The highest BCUT2D eigenvalue weighted by molar-refractivity contribution is 5.67. The molecule has 2 rings (SSSR count). The van der Waals surface area contributed by atoms with Crippen LogP contribution < -0.4 is 5.32 Å². The summed E-state index contributed by atoms with van der Waals surface area (Å²) in [4.78, 5) is 11.3.